The molecule has 0 saturated carbocycles. The quantitative estimate of drug-likeness (QED) is 0.612. The summed E-state index contributed by atoms with van der Waals surface area (Å²) < 4.78 is 2.00. The van der Waals surface area contributed by atoms with Gasteiger partial charge in [-0.2, -0.15) is 0 Å². The lowest BCUT2D eigenvalue weighted by Crippen LogP contribution is -2.12. The summed E-state index contributed by atoms with van der Waals surface area (Å²) in [5.41, 5.74) is 1.33. The first-order valence-corrected chi connectivity index (χ1v) is 8.03. The summed E-state index contributed by atoms with van der Waals surface area (Å²) >= 11 is 9.64. The van der Waals surface area contributed by atoms with Crippen LogP contribution >= 0.6 is 45.5 Å². The maximum Gasteiger partial charge on any atom is 0.258 e. The number of nitrogens with one attached hydrogen (secondary N) is 1. The number of benzene rings is 2. The molecular formula is C14H8ClIN2OS. The van der Waals surface area contributed by atoms with E-state index in [1.54, 1.807) is 12.1 Å². The number of carbonyl (C=O) groups excluding carboxylic acids is 1. The highest BCUT2D eigenvalue weighted by atomic mass is 127. The van der Waals surface area contributed by atoms with E-state index in [0.29, 0.717) is 15.7 Å². The minimum Gasteiger partial charge on any atom is -0.298 e. The number of halogens is 2. The Hall–Kier alpha value is -1.18. The smallest absolute Gasteiger partial charge is 0.258 e. The molecule has 1 amide bonds. The summed E-state index contributed by atoms with van der Waals surface area (Å²) in [6, 6.07) is 13.1. The highest BCUT2D eigenvalue weighted by Gasteiger charge is 2.13. The number of hydrogen-bond acceptors (Lipinski definition) is 3. The number of anilines is 1. The fourth-order valence-electron chi connectivity index (χ4n) is 1.76. The summed E-state index contributed by atoms with van der Waals surface area (Å²) in [4.78, 5) is 16.6. The molecule has 1 N–H and O–H groups in total. The van der Waals surface area contributed by atoms with E-state index in [4.69, 9.17) is 11.6 Å². The lowest BCUT2D eigenvalue weighted by molar-refractivity contribution is 0.102. The van der Waals surface area contributed by atoms with E-state index < -0.39 is 0 Å². The summed E-state index contributed by atoms with van der Waals surface area (Å²) in [6.45, 7) is 0. The molecule has 0 saturated heterocycles. The van der Waals surface area contributed by atoms with Crippen LogP contribution in [0, 0.1) is 3.57 Å². The number of amides is 1. The highest BCUT2D eigenvalue weighted by Crippen LogP contribution is 2.27. The zero-order valence-corrected chi connectivity index (χ0v) is 13.8. The molecule has 0 radical (unpaired) electrons. The number of nitrogens with zero attached hydrogens (tertiary/aromatic N) is 1. The largest absolute Gasteiger partial charge is 0.298 e. The first kappa shape index (κ1) is 13.8. The van der Waals surface area contributed by atoms with Crippen molar-refractivity contribution in [2.75, 3.05) is 5.32 Å². The van der Waals surface area contributed by atoms with Crippen LogP contribution in [0.15, 0.2) is 42.5 Å². The van der Waals surface area contributed by atoms with Crippen molar-refractivity contribution in [3.63, 3.8) is 0 Å². The molecule has 3 aromatic rings. The third-order valence-electron chi connectivity index (χ3n) is 2.69. The molecule has 0 atom stereocenters. The van der Waals surface area contributed by atoms with Crippen LogP contribution in [0.25, 0.3) is 10.2 Å². The maximum atomic E-state index is 12.2. The van der Waals surface area contributed by atoms with Crippen molar-refractivity contribution in [1.29, 1.82) is 0 Å². The second kappa shape index (κ2) is 5.67. The molecule has 0 bridgehead atoms. The number of carbonyl (C=O) groups is 1. The molecule has 0 fully saturated rings. The molecule has 0 aliphatic rings. The van der Waals surface area contributed by atoms with Crippen molar-refractivity contribution < 1.29 is 4.79 Å². The standard InChI is InChI=1S/C14H8ClIN2OS/c15-10-6-5-8(16)7-9(10)13(19)18-14-17-11-3-1-2-4-12(11)20-14/h1-7H,(H,17,18,19). The molecule has 0 spiro atoms. The van der Waals surface area contributed by atoms with Crippen LogP contribution in [0.2, 0.25) is 5.02 Å². The predicted molar refractivity (Wildman–Crippen MR) is 91.7 cm³/mol. The van der Waals surface area contributed by atoms with Crippen LogP contribution in [-0.2, 0) is 0 Å². The van der Waals surface area contributed by atoms with Gasteiger partial charge >= 0.3 is 0 Å². The van der Waals surface area contributed by atoms with Gasteiger partial charge in [-0.05, 0) is 52.9 Å². The van der Waals surface area contributed by atoms with E-state index in [0.717, 1.165) is 13.8 Å². The second-order valence-electron chi connectivity index (χ2n) is 4.07. The van der Waals surface area contributed by atoms with Crippen LogP contribution in [0.5, 0.6) is 0 Å². The molecule has 0 aliphatic carbocycles. The van der Waals surface area contributed by atoms with Crippen LogP contribution in [0.4, 0.5) is 5.13 Å². The van der Waals surface area contributed by atoms with E-state index in [1.165, 1.54) is 11.3 Å². The van der Waals surface area contributed by atoms with Gasteiger partial charge < -0.3 is 0 Å². The van der Waals surface area contributed by atoms with Gasteiger partial charge in [-0.15, -0.1) is 0 Å². The van der Waals surface area contributed by atoms with Crippen molar-refractivity contribution >= 4 is 66.8 Å². The molecule has 6 heteroatoms. The van der Waals surface area contributed by atoms with Crippen molar-refractivity contribution in [2.45, 2.75) is 0 Å². The Labute approximate surface area is 138 Å². The average Bonchev–Trinajstić information content (AvgIpc) is 2.83. The van der Waals surface area contributed by atoms with Gasteiger partial charge in [-0.25, -0.2) is 4.98 Å². The van der Waals surface area contributed by atoms with Gasteiger partial charge in [0.05, 0.1) is 20.8 Å². The molecule has 1 aromatic heterocycles. The maximum absolute atomic E-state index is 12.2. The molecule has 0 unspecified atom stereocenters. The fourth-order valence-corrected chi connectivity index (χ4v) is 3.32. The van der Waals surface area contributed by atoms with Gasteiger partial charge in [0.2, 0.25) is 0 Å². The van der Waals surface area contributed by atoms with Gasteiger partial charge in [0, 0.05) is 3.57 Å². The molecule has 3 nitrogen and oxygen atoms in total. The predicted octanol–water partition coefficient (Wildman–Crippen LogP) is 4.81. The summed E-state index contributed by atoms with van der Waals surface area (Å²) in [6.07, 6.45) is 0. The third-order valence-corrected chi connectivity index (χ3v) is 4.64. The van der Waals surface area contributed by atoms with Crippen molar-refractivity contribution in [2.24, 2.45) is 0 Å². The van der Waals surface area contributed by atoms with Gasteiger partial charge in [0.25, 0.3) is 5.91 Å². The fraction of sp³-hybridized carbons (Fsp3) is 0. The lowest BCUT2D eigenvalue weighted by Gasteiger charge is -2.04. The van der Waals surface area contributed by atoms with Gasteiger partial charge in [0.1, 0.15) is 0 Å². The number of thiazole rings is 1. The minimum atomic E-state index is -0.243. The zero-order chi connectivity index (χ0) is 14.1. The van der Waals surface area contributed by atoms with E-state index >= 15 is 0 Å². The molecule has 20 heavy (non-hydrogen) atoms. The number of hydrogen-bond donors (Lipinski definition) is 1. The topological polar surface area (TPSA) is 42.0 Å². The van der Waals surface area contributed by atoms with Gasteiger partial charge in [-0.3, -0.25) is 10.1 Å². The van der Waals surface area contributed by atoms with Crippen molar-refractivity contribution in [1.82, 2.24) is 4.98 Å². The summed E-state index contributed by atoms with van der Waals surface area (Å²) in [5.74, 6) is -0.243. The number of fused-ring (bicyclic) bond motifs is 1. The lowest BCUT2D eigenvalue weighted by atomic mass is 10.2. The summed E-state index contributed by atoms with van der Waals surface area (Å²) in [5, 5.41) is 3.81. The van der Waals surface area contributed by atoms with Gasteiger partial charge in [-0.1, -0.05) is 35.1 Å². The van der Waals surface area contributed by atoms with Crippen LogP contribution in [0.1, 0.15) is 10.4 Å². The molecule has 0 aliphatic heterocycles. The average molecular weight is 415 g/mol. The molecule has 3 rings (SSSR count). The van der Waals surface area contributed by atoms with E-state index in [-0.39, 0.29) is 5.91 Å². The Morgan fingerprint density at radius 3 is 2.85 bits per heavy atom. The molecule has 1 heterocycles. The van der Waals surface area contributed by atoms with E-state index in [1.807, 2.05) is 30.3 Å². The Morgan fingerprint density at radius 1 is 1.25 bits per heavy atom. The first-order valence-electron chi connectivity index (χ1n) is 5.75. The number of aromatic nitrogens is 1. The SMILES string of the molecule is O=C(Nc1nc2ccccc2s1)c1cc(I)ccc1Cl. The summed E-state index contributed by atoms with van der Waals surface area (Å²) in [7, 11) is 0. The second-order valence-corrected chi connectivity index (χ2v) is 6.75. The van der Waals surface area contributed by atoms with Gasteiger partial charge in [0.15, 0.2) is 5.13 Å². The molecular weight excluding hydrogens is 407 g/mol. The van der Waals surface area contributed by atoms with E-state index in [2.05, 4.69) is 32.9 Å². The van der Waals surface area contributed by atoms with Crippen molar-refractivity contribution in [3.05, 3.63) is 56.6 Å². The van der Waals surface area contributed by atoms with Crippen LogP contribution < -0.4 is 5.32 Å². The number of para-hydroxylation sites is 1. The Morgan fingerprint density at radius 2 is 2.05 bits per heavy atom. The van der Waals surface area contributed by atoms with Crippen LogP contribution in [-0.4, -0.2) is 10.9 Å². The van der Waals surface area contributed by atoms with Crippen molar-refractivity contribution in [3.8, 4) is 0 Å². The third kappa shape index (κ3) is 2.79. The highest BCUT2D eigenvalue weighted by molar-refractivity contribution is 14.1. The molecule has 100 valence electrons. The number of rotatable bonds is 2. The first-order chi connectivity index (χ1) is 9.63. The Bertz CT molecular complexity index is 770. The zero-order valence-electron chi connectivity index (χ0n) is 10.1. The molecule has 2 aromatic carbocycles. The monoisotopic (exact) mass is 414 g/mol. The normalized spacial score (nSPS) is 10.7. The Kier molecular flexibility index (Phi) is 3.91. The Balaban J connectivity index is 1.90. The van der Waals surface area contributed by atoms with E-state index in [9.17, 15) is 4.79 Å². The van der Waals surface area contributed by atoms with Crippen LogP contribution in [0.3, 0.4) is 0 Å². The minimum absolute atomic E-state index is 0.243.